The molecule has 1 heterocycles. The Hall–Kier alpha value is -1.72. The Kier molecular flexibility index (Phi) is 6.80. The lowest BCUT2D eigenvalue weighted by Crippen LogP contribution is -2.46. The van der Waals surface area contributed by atoms with E-state index in [1.807, 2.05) is 6.07 Å². The van der Waals surface area contributed by atoms with Gasteiger partial charge in [-0.15, -0.1) is 0 Å². The number of piperidine rings is 1. The number of halogens is 2. The first-order valence-electron chi connectivity index (χ1n) is 9.06. The molecular weight excluding hydrogens is 395 g/mol. The molecule has 2 aromatic rings. The Morgan fingerprint density at radius 1 is 1.12 bits per heavy atom. The summed E-state index contributed by atoms with van der Waals surface area (Å²) in [5, 5.41) is 3.11. The van der Waals surface area contributed by atoms with Crippen molar-refractivity contribution in [2.24, 2.45) is 0 Å². The van der Waals surface area contributed by atoms with Crippen LogP contribution < -0.4 is 5.32 Å². The molecule has 3 rings (SSSR count). The van der Waals surface area contributed by atoms with Crippen molar-refractivity contribution in [3.05, 3.63) is 71.5 Å². The monoisotopic (exact) mass is 418 g/mol. The number of amides is 1. The van der Waals surface area contributed by atoms with Crippen molar-refractivity contribution in [3.8, 4) is 0 Å². The summed E-state index contributed by atoms with van der Waals surface area (Å²) in [6, 6.07) is 17.2. The van der Waals surface area contributed by atoms with Gasteiger partial charge in [0.2, 0.25) is 5.91 Å². The third kappa shape index (κ3) is 5.39. The summed E-state index contributed by atoms with van der Waals surface area (Å²) in [6.07, 6.45) is 2.24. The lowest BCUT2D eigenvalue weighted by Gasteiger charge is -2.32. The van der Waals surface area contributed by atoms with Crippen molar-refractivity contribution in [3.63, 3.8) is 0 Å². The fourth-order valence-electron chi connectivity index (χ4n) is 3.32. The Balaban J connectivity index is 1.43. The van der Waals surface area contributed by atoms with Gasteiger partial charge in [-0.3, -0.25) is 9.69 Å². The summed E-state index contributed by atoms with van der Waals surface area (Å²) in [5.41, 5.74) is 1.88. The molecule has 0 saturated carbocycles. The second-order valence-corrected chi connectivity index (χ2v) is 7.91. The molecule has 138 valence electrons. The van der Waals surface area contributed by atoms with Gasteiger partial charge in [-0.05, 0) is 36.5 Å². The fraction of sp³-hybridized carbons (Fsp3) is 0.381. The molecule has 1 saturated heterocycles. The van der Waals surface area contributed by atoms with Crippen LogP contribution in [0, 0.1) is 5.82 Å². The molecule has 1 aliphatic heterocycles. The number of carbonyl (C=O) groups excluding carboxylic acids is 1. The molecule has 0 spiro atoms. The van der Waals surface area contributed by atoms with Gasteiger partial charge in [0.25, 0.3) is 0 Å². The SMILES string of the molecule is O=C(NC1CCN(Cc2ccccc2)CC1)C(Br)Cc1ccccc1F. The van der Waals surface area contributed by atoms with E-state index >= 15 is 0 Å². The summed E-state index contributed by atoms with van der Waals surface area (Å²) in [4.78, 5) is 14.4. The zero-order valence-electron chi connectivity index (χ0n) is 14.7. The van der Waals surface area contributed by atoms with Gasteiger partial charge < -0.3 is 5.32 Å². The zero-order chi connectivity index (χ0) is 18.4. The Morgan fingerprint density at radius 2 is 1.77 bits per heavy atom. The van der Waals surface area contributed by atoms with Crippen molar-refractivity contribution in [2.45, 2.75) is 36.7 Å². The van der Waals surface area contributed by atoms with E-state index < -0.39 is 4.83 Å². The number of benzene rings is 2. The van der Waals surface area contributed by atoms with Crippen LogP contribution in [0.1, 0.15) is 24.0 Å². The summed E-state index contributed by atoms with van der Waals surface area (Å²) in [7, 11) is 0. The van der Waals surface area contributed by atoms with Gasteiger partial charge in [0.15, 0.2) is 0 Å². The van der Waals surface area contributed by atoms with E-state index in [1.165, 1.54) is 11.6 Å². The van der Waals surface area contributed by atoms with Crippen molar-refractivity contribution < 1.29 is 9.18 Å². The molecule has 1 fully saturated rings. The molecule has 0 aromatic heterocycles. The first kappa shape index (κ1) is 19.1. The molecule has 26 heavy (non-hydrogen) atoms. The molecule has 0 bridgehead atoms. The maximum absolute atomic E-state index is 13.7. The lowest BCUT2D eigenvalue weighted by atomic mass is 10.0. The minimum absolute atomic E-state index is 0.0604. The van der Waals surface area contributed by atoms with Crippen molar-refractivity contribution in [1.29, 1.82) is 0 Å². The van der Waals surface area contributed by atoms with Crippen LogP contribution >= 0.6 is 15.9 Å². The van der Waals surface area contributed by atoms with Gasteiger partial charge in [0.05, 0.1) is 4.83 Å². The molecule has 1 aliphatic rings. The molecular formula is C21H24BrFN2O. The Labute approximate surface area is 162 Å². The molecule has 1 N–H and O–H groups in total. The van der Waals surface area contributed by atoms with E-state index in [-0.39, 0.29) is 17.8 Å². The number of nitrogens with one attached hydrogen (secondary N) is 1. The average Bonchev–Trinajstić information content (AvgIpc) is 2.66. The van der Waals surface area contributed by atoms with Crippen molar-refractivity contribution in [1.82, 2.24) is 10.2 Å². The fourth-order valence-corrected chi connectivity index (χ4v) is 3.80. The van der Waals surface area contributed by atoms with E-state index in [2.05, 4.69) is 50.4 Å². The highest BCUT2D eigenvalue weighted by Gasteiger charge is 2.24. The Bertz CT molecular complexity index is 717. The van der Waals surface area contributed by atoms with Crippen molar-refractivity contribution >= 4 is 21.8 Å². The predicted molar refractivity (Wildman–Crippen MR) is 106 cm³/mol. The largest absolute Gasteiger partial charge is 0.352 e. The molecule has 1 atom stereocenters. The first-order valence-corrected chi connectivity index (χ1v) is 9.97. The molecule has 2 aromatic carbocycles. The van der Waals surface area contributed by atoms with Gasteiger partial charge in [0, 0.05) is 25.7 Å². The summed E-state index contributed by atoms with van der Waals surface area (Å²) in [6.45, 7) is 2.90. The van der Waals surface area contributed by atoms with Crippen LogP contribution in [0.15, 0.2) is 54.6 Å². The van der Waals surface area contributed by atoms with Crippen LogP contribution in [0.2, 0.25) is 0 Å². The van der Waals surface area contributed by atoms with Crippen LogP contribution in [-0.2, 0) is 17.8 Å². The highest BCUT2D eigenvalue weighted by atomic mass is 79.9. The van der Waals surface area contributed by atoms with Crippen LogP contribution in [0.3, 0.4) is 0 Å². The third-order valence-electron chi connectivity index (χ3n) is 4.82. The van der Waals surface area contributed by atoms with Gasteiger partial charge in [0.1, 0.15) is 5.82 Å². The third-order valence-corrected chi connectivity index (χ3v) is 5.56. The number of nitrogens with zero attached hydrogens (tertiary/aromatic N) is 1. The van der Waals surface area contributed by atoms with Crippen LogP contribution in [0.4, 0.5) is 4.39 Å². The van der Waals surface area contributed by atoms with E-state index in [0.29, 0.717) is 12.0 Å². The van der Waals surface area contributed by atoms with Crippen LogP contribution in [0.25, 0.3) is 0 Å². The average molecular weight is 419 g/mol. The highest BCUT2D eigenvalue weighted by molar-refractivity contribution is 9.10. The molecule has 1 amide bonds. The summed E-state index contributed by atoms with van der Waals surface area (Å²) < 4.78 is 13.7. The number of hydrogen-bond donors (Lipinski definition) is 1. The predicted octanol–water partition coefficient (Wildman–Crippen LogP) is 3.91. The van der Waals surface area contributed by atoms with E-state index in [1.54, 1.807) is 18.2 Å². The van der Waals surface area contributed by atoms with Gasteiger partial charge >= 0.3 is 0 Å². The smallest absolute Gasteiger partial charge is 0.234 e. The number of likely N-dealkylation sites (tertiary alicyclic amines) is 1. The molecule has 1 unspecified atom stereocenters. The molecule has 3 nitrogen and oxygen atoms in total. The standard InChI is InChI=1S/C21H24BrFN2O/c22-19(14-17-8-4-5-9-20(17)23)21(26)24-18-10-12-25(13-11-18)15-16-6-2-1-3-7-16/h1-9,18-19H,10-15H2,(H,24,26). The minimum Gasteiger partial charge on any atom is -0.352 e. The van der Waals surface area contributed by atoms with Crippen LogP contribution in [0.5, 0.6) is 0 Å². The second-order valence-electron chi connectivity index (χ2n) is 6.81. The number of alkyl halides is 1. The van der Waals surface area contributed by atoms with E-state index in [9.17, 15) is 9.18 Å². The second kappa shape index (κ2) is 9.28. The maximum atomic E-state index is 13.7. The molecule has 0 radical (unpaired) electrons. The minimum atomic E-state index is -0.415. The zero-order valence-corrected chi connectivity index (χ0v) is 16.3. The Morgan fingerprint density at radius 3 is 2.46 bits per heavy atom. The molecule has 0 aliphatic carbocycles. The highest BCUT2D eigenvalue weighted by Crippen LogP contribution is 2.17. The van der Waals surface area contributed by atoms with Crippen LogP contribution in [-0.4, -0.2) is 34.8 Å². The number of carbonyl (C=O) groups is 1. The first-order chi connectivity index (χ1) is 12.6. The summed E-state index contributed by atoms with van der Waals surface area (Å²) >= 11 is 3.41. The van der Waals surface area contributed by atoms with Gasteiger partial charge in [-0.2, -0.15) is 0 Å². The topological polar surface area (TPSA) is 32.3 Å². The quantitative estimate of drug-likeness (QED) is 0.721. The number of hydrogen-bond acceptors (Lipinski definition) is 2. The van der Waals surface area contributed by atoms with Gasteiger partial charge in [-0.25, -0.2) is 4.39 Å². The van der Waals surface area contributed by atoms with E-state index in [0.717, 1.165) is 32.5 Å². The van der Waals surface area contributed by atoms with E-state index in [4.69, 9.17) is 0 Å². The van der Waals surface area contributed by atoms with Gasteiger partial charge in [-0.1, -0.05) is 64.5 Å². The number of rotatable bonds is 6. The molecule has 5 heteroatoms. The maximum Gasteiger partial charge on any atom is 0.234 e. The normalized spacial score (nSPS) is 17.0. The summed E-state index contributed by atoms with van der Waals surface area (Å²) in [5.74, 6) is -0.325. The lowest BCUT2D eigenvalue weighted by molar-refractivity contribution is -0.121. The van der Waals surface area contributed by atoms with Crippen molar-refractivity contribution in [2.75, 3.05) is 13.1 Å².